The van der Waals surface area contributed by atoms with Crippen LogP contribution in [0.15, 0.2) is 18.5 Å². The monoisotopic (exact) mass is 431 g/mol. The Bertz CT molecular complexity index is 1140. The van der Waals surface area contributed by atoms with E-state index < -0.39 is 17.8 Å². The van der Waals surface area contributed by atoms with E-state index in [2.05, 4.69) is 25.3 Å². The number of nitrogens with zero attached hydrogens (tertiary/aromatic N) is 6. The number of nitrogens with one attached hydrogen (secondary N) is 1. The number of hydrogen-bond acceptors (Lipinski definition) is 8. The summed E-state index contributed by atoms with van der Waals surface area (Å²) in [6, 6.07) is 0.982. The summed E-state index contributed by atoms with van der Waals surface area (Å²) in [6.07, 6.45) is 1.57. The van der Waals surface area contributed by atoms with Gasteiger partial charge in [-0.3, -0.25) is 14.7 Å². The SMILES string of the molecule is Cc1nc2nc(NC(C)c3cncc(F)c3)nc(C(=O)N3CCN(C(=O)O)C3)c2s1. The van der Waals surface area contributed by atoms with Crippen LogP contribution in [0.4, 0.5) is 15.1 Å². The lowest BCUT2D eigenvalue weighted by molar-refractivity contribution is 0.0761. The molecule has 1 atom stereocenters. The normalized spacial score (nSPS) is 14.9. The van der Waals surface area contributed by atoms with Crippen molar-refractivity contribution < 1.29 is 19.1 Å². The lowest BCUT2D eigenvalue weighted by atomic mass is 10.1. The van der Waals surface area contributed by atoms with Gasteiger partial charge in [0.2, 0.25) is 5.95 Å². The molecular weight excluding hydrogens is 413 g/mol. The topological polar surface area (TPSA) is 124 Å². The summed E-state index contributed by atoms with van der Waals surface area (Å²) in [5.41, 5.74) is 1.12. The number of thiazole rings is 1. The van der Waals surface area contributed by atoms with Crippen LogP contribution in [0.2, 0.25) is 0 Å². The Morgan fingerprint density at radius 1 is 1.23 bits per heavy atom. The van der Waals surface area contributed by atoms with Gasteiger partial charge in [0.15, 0.2) is 11.3 Å². The first-order chi connectivity index (χ1) is 14.3. The number of amides is 2. The van der Waals surface area contributed by atoms with Crippen molar-refractivity contribution in [3.05, 3.63) is 40.5 Å². The Kier molecular flexibility index (Phi) is 5.16. The van der Waals surface area contributed by atoms with Crippen LogP contribution in [0.1, 0.15) is 34.0 Å². The predicted molar refractivity (Wildman–Crippen MR) is 107 cm³/mol. The molecule has 0 saturated carbocycles. The van der Waals surface area contributed by atoms with Crippen LogP contribution < -0.4 is 5.32 Å². The number of fused-ring (bicyclic) bond motifs is 1. The van der Waals surface area contributed by atoms with Crippen LogP contribution in [0, 0.1) is 12.7 Å². The zero-order valence-corrected chi connectivity index (χ0v) is 17.0. The third kappa shape index (κ3) is 3.85. The largest absolute Gasteiger partial charge is 0.465 e. The van der Waals surface area contributed by atoms with E-state index in [9.17, 15) is 14.0 Å². The van der Waals surface area contributed by atoms with Crippen molar-refractivity contribution in [1.82, 2.24) is 29.7 Å². The van der Waals surface area contributed by atoms with Crippen molar-refractivity contribution in [2.75, 3.05) is 25.1 Å². The third-order valence-electron chi connectivity index (χ3n) is 4.67. The fourth-order valence-electron chi connectivity index (χ4n) is 3.14. The van der Waals surface area contributed by atoms with Gasteiger partial charge in [0.05, 0.1) is 23.9 Å². The Labute approximate surface area is 174 Å². The summed E-state index contributed by atoms with van der Waals surface area (Å²) >= 11 is 1.30. The molecule has 0 bridgehead atoms. The molecule has 30 heavy (non-hydrogen) atoms. The third-order valence-corrected chi connectivity index (χ3v) is 5.64. The van der Waals surface area contributed by atoms with Gasteiger partial charge in [-0.05, 0) is 25.5 Å². The first kappa shape index (κ1) is 19.9. The molecular formula is C18H18FN7O3S. The maximum absolute atomic E-state index is 13.5. The van der Waals surface area contributed by atoms with Crippen molar-refractivity contribution in [3.8, 4) is 0 Å². The highest BCUT2D eigenvalue weighted by molar-refractivity contribution is 7.18. The van der Waals surface area contributed by atoms with Crippen molar-refractivity contribution in [2.45, 2.75) is 19.9 Å². The average molecular weight is 431 g/mol. The molecule has 2 N–H and O–H groups in total. The number of halogens is 1. The smallest absolute Gasteiger partial charge is 0.408 e. The number of anilines is 1. The molecule has 1 unspecified atom stereocenters. The second-order valence-electron chi connectivity index (χ2n) is 6.84. The Hall–Kier alpha value is -3.41. The highest BCUT2D eigenvalue weighted by Crippen LogP contribution is 2.27. The van der Waals surface area contributed by atoms with Gasteiger partial charge in [-0.25, -0.2) is 19.2 Å². The average Bonchev–Trinajstić information content (AvgIpc) is 3.33. The summed E-state index contributed by atoms with van der Waals surface area (Å²) in [7, 11) is 0. The van der Waals surface area contributed by atoms with Gasteiger partial charge in [0.1, 0.15) is 10.5 Å². The van der Waals surface area contributed by atoms with E-state index >= 15 is 0 Å². The van der Waals surface area contributed by atoms with Gasteiger partial charge in [-0.2, -0.15) is 4.98 Å². The summed E-state index contributed by atoms with van der Waals surface area (Å²) < 4.78 is 14.0. The molecule has 10 nitrogen and oxygen atoms in total. The minimum atomic E-state index is -1.08. The molecule has 4 heterocycles. The van der Waals surface area contributed by atoms with Crippen LogP contribution in [0.5, 0.6) is 0 Å². The lowest BCUT2D eigenvalue weighted by Crippen LogP contribution is -2.33. The van der Waals surface area contributed by atoms with Gasteiger partial charge in [-0.1, -0.05) is 0 Å². The number of pyridine rings is 1. The van der Waals surface area contributed by atoms with Crippen molar-refractivity contribution in [2.24, 2.45) is 0 Å². The molecule has 1 aliphatic rings. The molecule has 1 fully saturated rings. The van der Waals surface area contributed by atoms with Crippen LogP contribution in [0.3, 0.4) is 0 Å². The van der Waals surface area contributed by atoms with Crippen LogP contribution >= 0.6 is 11.3 Å². The van der Waals surface area contributed by atoms with Crippen LogP contribution in [-0.2, 0) is 0 Å². The number of carbonyl (C=O) groups excluding carboxylic acids is 1. The zero-order valence-electron chi connectivity index (χ0n) is 16.2. The van der Waals surface area contributed by atoms with E-state index in [1.807, 2.05) is 0 Å². The van der Waals surface area contributed by atoms with E-state index in [-0.39, 0.29) is 37.4 Å². The minimum Gasteiger partial charge on any atom is -0.465 e. The fraction of sp³-hybridized carbons (Fsp3) is 0.333. The summed E-state index contributed by atoms with van der Waals surface area (Å²) in [5.74, 6) is -0.680. The number of rotatable bonds is 4. The molecule has 0 aromatic carbocycles. The molecule has 1 aliphatic heterocycles. The molecule has 156 valence electrons. The van der Waals surface area contributed by atoms with Crippen molar-refractivity contribution in [3.63, 3.8) is 0 Å². The predicted octanol–water partition coefficient (Wildman–Crippen LogP) is 2.50. The molecule has 2 amide bonds. The first-order valence-electron chi connectivity index (χ1n) is 9.11. The molecule has 1 saturated heterocycles. The summed E-state index contributed by atoms with van der Waals surface area (Å²) in [5, 5.41) is 12.9. The second kappa shape index (κ2) is 7.78. The van der Waals surface area contributed by atoms with Gasteiger partial charge in [-0.15, -0.1) is 11.3 Å². The summed E-state index contributed by atoms with van der Waals surface area (Å²) in [4.78, 5) is 43.8. The van der Waals surface area contributed by atoms with E-state index in [1.54, 1.807) is 13.8 Å². The minimum absolute atomic E-state index is 0.0222. The van der Waals surface area contributed by atoms with E-state index in [4.69, 9.17) is 5.11 Å². The highest BCUT2D eigenvalue weighted by atomic mass is 32.1. The molecule has 0 radical (unpaired) electrons. The van der Waals surface area contributed by atoms with E-state index in [0.717, 1.165) is 16.1 Å². The van der Waals surface area contributed by atoms with Gasteiger partial charge in [0.25, 0.3) is 5.91 Å². The number of aromatic nitrogens is 4. The Balaban J connectivity index is 1.66. The molecule has 12 heteroatoms. The standard InChI is InChI=1S/C18H18FN7O3S/c1-9(11-5-12(19)7-20-6-11)21-17-23-13(14-15(24-17)22-10(2)30-14)16(27)25-3-4-26(8-25)18(28)29/h5-7,9H,3-4,8H2,1-2H3,(H,28,29)(H,21,23,24). The van der Waals surface area contributed by atoms with E-state index in [1.165, 1.54) is 28.5 Å². The fourth-order valence-corrected chi connectivity index (χ4v) is 3.98. The first-order valence-corrected chi connectivity index (χ1v) is 9.93. The lowest BCUT2D eigenvalue weighted by Gasteiger charge is -2.17. The van der Waals surface area contributed by atoms with Crippen molar-refractivity contribution >= 4 is 39.6 Å². The molecule has 4 rings (SSSR count). The number of carbonyl (C=O) groups is 2. The Morgan fingerprint density at radius 3 is 2.70 bits per heavy atom. The quantitative estimate of drug-likeness (QED) is 0.646. The zero-order chi connectivity index (χ0) is 21.4. The molecule has 0 spiro atoms. The van der Waals surface area contributed by atoms with Crippen LogP contribution in [-0.4, -0.2) is 66.6 Å². The van der Waals surface area contributed by atoms with Gasteiger partial charge >= 0.3 is 6.09 Å². The van der Waals surface area contributed by atoms with E-state index in [0.29, 0.717) is 15.9 Å². The maximum Gasteiger partial charge on any atom is 0.408 e. The van der Waals surface area contributed by atoms with Gasteiger partial charge < -0.3 is 15.3 Å². The van der Waals surface area contributed by atoms with Crippen molar-refractivity contribution in [1.29, 1.82) is 0 Å². The number of hydrogen-bond donors (Lipinski definition) is 2. The molecule has 3 aromatic rings. The highest BCUT2D eigenvalue weighted by Gasteiger charge is 2.31. The number of aryl methyl sites for hydroxylation is 1. The Morgan fingerprint density at radius 2 is 2.00 bits per heavy atom. The maximum atomic E-state index is 13.5. The van der Waals surface area contributed by atoms with Crippen LogP contribution in [0.25, 0.3) is 10.3 Å². The summed E-state index contributed by atoms with van der Waals surface area (Å²) in [6.45, 7) is 4.10. The number of carboxylic acid groups (broad SMARTS) is 1. The molecule has 3 aromatic heterocycles. The van der Waals surface area contributed by atoms with Gasteiger partial charge in [0, 0.05) is 19.3 Å². The second-order valence-corrected chi connectivity index (χ2v) is 8.04. The molecule has 0 aliphatic carbocycles.